The number of nitrogens with zero attached hydrogens (tertiary/aromatic N) is 1. The average molecular weight is 286 g/mol. The highest BCUT2D eigenvalue weighted by molar-refractivity contribution is 5.95. The van der Waals surface area contributed by atoms with Crippen molar-refractivity contribution < 1.29 is 18.0 Å². The summed E-state index contributed by atoms with van der Waals surface area (Å²) < 4.78 is 37.3. The van der Waals surface area contributed by atoms with E-state index in [0.717, 1.165) is 25.0 Å². The highest BCUT2D eigenvalue weighted by Gasteiger charge is 2.41. The second kappa shape index (κ2) is 5.09. The predicted molar refractivity (Wildman–Crippen MR) is 69.2 cm³/mol. The Morgan fingerprint density at radius 3 is 2.30 bits per heavy atom. The number of rotatable bonds is 3. The highest BCUT2D eigenvalue weighted by Crippen LogP contribution is 2.30. The van der Waals surface area contributed by atoms with Gasteiger partial charge in [0.05, 0.1) is 11.1 Å². The molecule has 0 saturated carbocycles. The van der Waals surface area contributed by atoms with E-state index in [1.165, 1.54) is 12.1 Å². The Labute approximate surface area is 115 Å². The van der Waals surface area contributed by atoms with Crippen LogP contribution in [0.3, 0.4) is 0 Å². The third-order valence-electron chi connectivity index (χ3n) is 3.51. The fourth-order valence-electron chi connectivity index (χ4n) is 2.50. The van der Waals surface area contributed by atoms with Crippen molar-refractivity contribution in [1.82, 2.24) is 4.90 Å². The van der Waals surface area contributed by atoms with Crippen molar-refractivity contribution in [2.75, 3.05) is 13.1 Å². The Morgan fingerprint density at radius 2 is 1.85 bits per heavy atom. The number of halogens is 3. The van der Waals surface area contributed by atoms with Crippen LogP contribution in [0.4, 0.5) is 13.2 Å². The second-order valence-electron chi connectivity index (χ2n) is 5.35. The number of likely N-dealkylation sites (tertiary alicyclic amines) is 1. The number of benzene rings is 1. The third kappa shape index (κ3) is 2.95. The number of hydrogen-bond acceptors (Lipinski definition) is 2. The van der Waals surface area contributed by atoms with Crippen molar-refractivity contribution >= 4 is 5.91 Å². The van der Waals surface area contributed by atoms with Gasteiger partial charge in [0, 0.05) is 18.7 Å². The summed E-state index contributed by atoms with van der Waals surface area (Å²) in [5, 5.41) is 0. The summed E-state index contributed by atoms with van der Waals surface area (Å²) in [5.74, 6) is -0.268. The second-order valence-corrected chi connectivity index (χ2v) is 5.35. The normalized spacial score (nSPS) is 17.8. The molecule has 0 radical (unpaired) electrons. The summed E-state index contributed by atoms with van der Waals surface area (Å²) >= 11 is 0. The van der Waals surface area contributed by atoms with E-state index in [2.05, 4.69) is 0 Å². The van der Waals surface area contributed by atoms with Gasteiger partial charge in [0.15, 0.2) is 0 Å². The quantitative estimate of drug-likeness (QED) is 0.928. The van der Waals surface area contributed by atoms with Gasteiger partial charge in [-0.2, -0.15) is 13.2 Å². The fraction of sp³-hybridized carbons (Fsp3) is 0.500. The molecule has 20 heavy (non-hydrogen) atoms. The molecule has 0 bridgehead atoms. The van der Waals surface area contributed by atoms with Crippen LogP contribution in [0, 0.1) is 0 Å². The maximum absolute atomic E-state index is 12.4. The monoisotopic (exact) mass is 286 g/mol. The Bertz CT molecular complexity index is 490. The zero-order valence-corrected chi connectivity index (χ0v) is 11.2. The average Bonchev–Trinajstić information content (AvgIpc) is 2.34. The van der Waals surface area contributed by atoms with Gasteiger partial charge >= 0.3 is 6.18 Å². The Kier molecular flexibility index (Phi) is 3.77. The third-order valence-corrected chi connectivity index (χ3v) is 3.51. The van der Waals surface area contributed by atoms with Gasteiger partial charge in [-0.15, -0.1) is 0 Å². The van der Waals surface area contributed by atoms with E-state index in [1.54, 1.807) is 4.90 Å². The SMILES string of the molecule is CCCC1(N)CN(C(=O)c2ccc(C(F)(F)F)cc2)C1. The lowest BCUT2D eigenvalue weighted by molar-refractivity contribution is -0.137. The zero-order valence-electron chi connectivity index (χ0n) is 11.2. The molecule has 0 aromatic heterocycles. The van der Waals surface area contributed by atoms with Gasteiger partial charge in [0.25, 0.3) is 5.91 Å². The van der Waals surface area contributed by atoms with E-state index in [0.29, 0.717) is 13.1 Å². The molecular weight excluding hydrogens is 269 g/mol. The maximum Gasteiger partial charge on any atom is 0.416 e. The van der Waals surface area contributed by atoms with Gasteiger partial charge < -0.3 is 10.6 Å². The molecule has 0 aliphatic carbocycles. The minimum atomic E-state index is -4.38. The van der Waals surface area contributed by atoms with Crippen molar-refractivity contribution in [3.63, 3.8) is 0 Å². The van der Waals surface area contributed by atoms with E-state index in [1.807, 2.05) is 6.92 Å². The molecule has 6 heteroatoms. The van der Waals surface area contributed by atoms with Gasteiger partial charge in [-0.25, -0.2) is 0 Å². The molecule has 2 N–H and O–H groups in total. The molecule has 1 aromatic rings. The molecule has 1 aromatic carbocycles. The van der Waals surface area contributed by atoms with Crippen molar-refractivity contribution in [1.29, 1.82) is 0 Å². The molecule has 1 saturated heterocycles. The van der Waals surface area contributed by atoms with Crippen LogP contribution < -0.4 is 5.73 Å². The Balaban J connectivity index is 2.01. The van der Waals surface area contributed by atoms with Crippen LogP contribution in [0.15, 0.2) is 24.3 Å². The Morgan fingerprint density at radius 1 is 1.30 bits per heavy atom. The smallest absolute Gasteiger partial charge is 0.335 e. The van der Waals surface area contributed by atoms with Crippen LogP contribution >= 0.6 is 0 Å². The maximum atomic E-state index is 12.4. The summed E-state index contributed by atoms with van der Waals surface area (Å²) in [4.78, 5) is 13.6. The van der Waals surface area contributed by atoms with Crippen LogP contribution in [0.5, 0.6) is 0 Å². The molecule has 1 fully saturated rings. The molecule has 1 amide bonds. The van der Waals surface area contributed by atoms with Crippen LogP contribution in [-0.4, -0.2) is 29.4 Å². The summed E-state index contributed by atoms with van der Waals surface area (Å²) in [6.45, 7) is 2.94. The van der Waals surface area contributed by atoms with Gasteiger partial charge in [-0.1, -0.05) is 13.3 Å². The molecule has 110 valence electrons. The highest BCUT2D eigenvalue weighted by atomic mass is 19.4. The lowest BCUT2D eigenvalue weighted by Gasteiger charge is -2.47. The standard InChI is InChI=1S/C14H17F3N2O/c1-2-7-13(18)8-19(9-13)12(20)10-3-5-11(6-4-10)14(15,16)17/h3-6H,2,7-9,18H2,1H3. The van der Waals surface area contributed by atoms with E-state index in [9.17, 15) is 18.0 Å². The molecule has 1 aliphatic heterocycles. The van der Waals surface area contributed by atoms with Gasteiger partial charge in [-0.3, -0.25) is 4.79 Å². The molecule has 2 rings (SSSR count). The molecule has 0 atom stereocenters. The first-order chi connectivity index (χ1) is 9.25. The van der Waals surface area contributed by atoms with Crippen molar-refractivity contribution in [3.8, 4) is 0 Å². The summed E-state index contributed by atoms with van der Waals surface area (Å²) in [6, 6.07) is 4.27. The zero-order chi connectivity index (χ0) is 15.0. The van der Waals surface area contributed by atoms with Gasteiger partial charge in [-0.05, 0) is 30.7 Å². The van der Waals surface area contributed by atoms with Crippen LogP contribution in [-0.2, 0) is 6.18 Å². The lowest BCUT2D eigenvalue weighted by Crippen LogP contribution is -2.68. The van der Waals surface area contributed by atoms with Gasteiger partial charge in [0.1, 0.15) is 0 Å². The van der Waals surface area contributed by atoms with E-state index in [-0.39, 0.29) is 17.0 Å². The van der Waals surface area contributed by atoms with E-state index >= 15 is 0 Å². The largest absolute Gasteiger partial charge is 0.416 e. The van der Waals surface area contributed by atoms with Crippen molar-refractivity contribution in [3.05, 3.63) is 35.4 Å². The van der Waals surface area contributed by atoms with E-state index in [4.69, 9.17) is 5.73 Å². The minimum Gasteiger partial charge on any atom is -0.335 e. The summed E-state index contributed by atoms with van der Waals surface area (Å²) in [6.07, 6.45) is -2.60. The fourth-order valence-corrected chi connectivity index (χ4v) is 2.50. The predicted octanol–water partition coefficient (Wildman–Crippen LogP) is 2.66. The van der Waals surface area contributed by atoms with Crippen LogP contribution in [0.1, 0.15) is 35.7 Å². The molecule has 0 unspecified atom stereocenters. The number of carbonyl (C=O) groups is 1. The molecule has 1 heterocycles. The number of nitrogens with two attached hydrogens (primary N) is 1. The van der Waals surface area contributed by atoms with Crippen LogP contribution in [0.25, 0.3) is 0 Å². The molecule has 1 aliphatic rings. The molecule has 3 nitrogen and oxygen atoms in total. The summed E-state index contributed by atoms with van der Waals surface area (Å²) in [5.41, 5.74) is 5.23. The first-order valence-electron chi connectivity index (χ1n) is 6.50. The Hall–Kier alpha value is -1.56. The van der Waals surface area contributed by atoms with Gasteiger partial charge in [0.2, 0.25) is 0 Å². The number of hydrogen-bond donors (Lipinski definition) is 1. The molecule has 0 spiro atoms. The number of carbonyl (C=O) groups excluding carboxylic acids is 1. The summed E-state index contributed by atoms with van der Waals surface area (Å²) in [7, 11) is 0. The lowest BCUT2D eigenvalue weighted by atomic mass is 9.86. The number of alkyl halides is 3. The van der Waals surface area contributed by atoms with Crippen molar-refractivity contribution in [2.24, 2.45) is 5.73 Å². The topological polar surface area (TPSA) is 46.3 Å². The van der Waals surface area contributed by atoms with Crippen LogP contribution in [0.2, 0.25) is 0 Å². The minimum absolute atomic E-state index is 0.261. The molecular formula is C14H17F3N2O. The number of amides is 1. The van der Waals surface area contributed by atoms with Crippen molar-refractivity contribution in [2.45, 2.75) is 31.5 Å². The first-order valence-corrected chi connectivity index (χ1v) is 6.50. The van der Waals surface area contributed by atoms with E-state index < -0.39 is 11.7 Å². The first kappa shape index (κ1) is 14.8.